The van der Waals surface area contributed by atoms with Crippen LogP contribution in [0.3, 0.4) is 0 Å². The number of piperidine rings is 1. The van der Waals surface area contributed by atoms with Gasteiger partial charge < -0.3 is 15.0 Å². The lowest BCUT2D eigenvalue weighted by atomic mass is 10.0. The van der Waals surface area contributed by atoms with Crippen LogP contribution >= 0.6 is 0 Å². The number of nitrogens with one attached hydrogen (secondary N) is 1. The summed E-state index contributed by atoms with van der Waals surface area (Å²) in [4.78, 5) is 7.10. The van der Waals surface area contributed by atoms with Gasteiger partial charge in [-0.05, 0) is 58.2 Å². The van der Waals surface area contributed by atoms with E-state index in [1.165, 1.54) is 32.1 Å². The van der Waals surface area contributed by atoms with Gasteiger partial charge in [-0.15, -0.1) is 0 Å². The van der Waals surface area contributed by atoms with Crippen molar-refractivity contribution in [2.75, 3.05) is 18.0 Å². The highest BCUT2D eigenvalue weighted by Crippen LogP contribution is 2.36. The maximum absolute atomic E-state index is 5.97. The average molecular weight is 289 g/mol. The number of hydrogen-bond acceptors (Lipinski definition) is 4. The van der Waals surface area contributed by atoms with Gasteiger partial charge >= 0.3 is 0 Å². The Morgan fingerprint density at radius 1 is 1.33 bits per heavy atom. The number of pyridine rings is 1. The maximum atomic E-state index is 5.97. The van der Waals surface area contributed by atoms with Gasteiger partial charge in [0.15, 0.2) is 11.6 Å². The Morgan fingerprint density at radius 2 is 2.19 bits per heavy atom. The van der Waals surface area contributed by atoms with Crippen molar-refractivity contribution >= 4 is 5.82 Å². The van der Waals surface area contributed by atoms with Crippen LogP contribution in [0.5, 0.6) is 5.75 Å². The van der Waals surface area contributed by atoms with E-state index in [1.807, 2.05) is 18.3 Å². The Morgan fingerprint density at radius 3 is 2.86 bits per heavy atom. The highest BCUT2D eigenvalue weighted by atomic mass is 16.5. The van der Waals surface area contributed by atoms with Crippen LogP contribution in [0.25, 0.3) is 0 Å². The summed E-state index contributed by atoms with van der Waals surface area (Å²) >= 11 is 0. The molecule has 2 fully saturated rings. The van der Waals surface area contributed by atoms with Gasteiger partial charge in [-0.2, -0.15) is 0 Å². The van der Waals surface area contributed by atoms with Crippen LogP contribution in [0, 0.1) is 0 Å². The molecule has 3 rings (SSSR count). The molecule has 21 heavy (non-hydrogen) atoms. The van der Waals surface area contributed by atoms with Crippen molar-refractivity contribution in [3.05, 3.63) is 18.3 Å². The Bertz CT molecular complexity index is 453. The van der Waals surface area contributed by atoms with Gasteiger partial charge in [-0.1, -0.05) is 6.42 Å². The molecule has 2 heterocycles. The minimum atomic E-state index is 0.182. The summed E-state index contributed by atoms with van der Waals surface area (Å²) in [7, 11) is 0. The SMILES string of the molecule is CC(C)Oc1cccnc1N(CC1CCCCN1)C1CC1. The first kappa shape index (κ1) is 14.6. The standard InChI is InChI=1S/C17H27N3O/c1-13(2)21-16-7-5-11-19-17(16)20(15-8-9-15)12-14-6-3-4-10-18-14/h5,7,11,13-15,18H,3-4,6,8-10,12H2,1-2H3. The molecule has 1 unspecified atom stereocenters. The van der Waals surface area contributed by atoms with E-state index in [2.05, 4.69) is 29.0 Å². The number of nitrogens with zero attached hydrogens (tertiary/aromatic N) is 2. The topological polar surface area (TPSA) is 37.4 Å². The Balaban J connectivity index is 1.76. The molecule has 1 saturated heterocycles. The van der Waals surface area contributed by atoms with Crippen LogP contribution in [0.15, 0.2) is 18.3 Å². The quantitative estimate of drug-likeness (QED) is 0.873. The second-order valence-electron chi connectivity index (χ2n) is 6.52. The first-order valence-corrected chi connectivity index (χ1v) is 8.35. The molecule has 1 atom stereocenters. The molecule has 0 amide bonds. The fraction of sp³-hybridized carbons (Fsp3) is 0.706. The predicted octanol–water partition coefficient (Wildman–Crippen LogP) is 2.98. The molecule has 0 spiro atoms. The lowest BCUT2D eigenvalue weighted by molar-refractivity contribution is 0.241. The first-order valence-electron chi connectivity index (χ1n) is 8.35. The summed E-state index contributed by atoms with van der Waals surface area (Å²) in [5.41, 5.74) is 0. The molecule has 1 saturated carbocycles. The Kier molecular flexibility index (Phi) is 4.63. The van der Waals surface area contributed by atoms with Crippen molar-refractivity contribution in [3.8, 4) is 5.75 Å². The van der Waals surface area contributed by atoms with E-state index in [4.69, 9.17) is 4.74 Å². The molecule has 2 aliphatic rings. The third kappa shape index (κ3) is 3.88. The van der Waals surface area contributed by atoms with Crippen LogP contribution in [0.4, 0.5) is 5.82 Å². The third-order valence-electron chi connectivity index (χ3n) is 4.20. The molecule has 0 bridgehead atoms. The molecule has 1 aromatic rings. The molecule has 0 aromatic carbocycles. The average Bonchev–Trinajstić information content (AvgIpc) is 3.31. The van der Waals surface area contributed by atoms with E-state index in [-0.39, 0.29) is 6.10 Å². The Hall–Kier alpha value is -1.29. The summed E-state index contributed by atoms with van der Waals surface area (Å²) in [6.07, 6.45) is 8.55. The van der Waals surface area contributed by atoms with Crippen molar-refractivity contribution < 1.29 is 4.74 Å². The molecule has 4 heteroatoms. The number of anilines is 1. The van der Waals surface area contributed by atoms with Gasteiger partial charge in [0.25, 0.3) is 0 Å². The highest BCUT2D eigenvalue weighted by Gasteiger charge is 2.33. The number of rotatable bonds is 6. The molecule has 1 aliphatic carbocycles. The van der Waals surface area contributed by atoms with E-state index in [0.717, 1.165) is 24.7 Å². The van der Waals surface area contributed by atoms with E-state index in [0.29, 0.717) is 12.1 Å². The van der Waals surface area contributed by atoms with Gasteiger partial charge in [-0.3, -0.25) is 0 Å². The number of ether oxygens (including phenoxy) is 1. The van der Waals surface area contributed by atoms with Crippen LogP contribution in [0.2, 0.25) is 0 Å². The van der Waals surface area contributed by atoms with Crippen LogP contribution < -0.4 is 15.0 Å². The molecule has 1 aliphatic heterocycles. The van der Waals surface area contributed by atoms with E-state index in [1.54, 1.807) is 0 Å². The van der Waals surface area contributed by atoms with Crippen molar-refractivity contribution in [1.82, 2.24) is 10.3 Å². The molecular weight excluding hydrogens is 262 g/mol. The fourth-order valence-electron chi connectivity index (χ4n) is 3.06. The van der Waals surface area contributed by atoms with Crippen molar-refractivity contribution in [3.63, 3.8) is 0 Å². The number of aromatic nitrogens is 1. The zero-order valence-electron chi connectivity index (χ0n) is 13.2. The largest absolute Gasteiger partial charge is 0.487 e. The summed E-state index contributed by atoms with van der Waals surface area (Å²) in [5, 5.41) is 3.65. The lowest BCUT2D eigenvalue weighted by Gasteiger charge is -2.32. The van der Waals surface area contributed by atoms with Gasteiger partial charge in [0.1, 0.15) is 0 Å². The zero-order chi connectivity index (χ0) is 14.7. The third-order valence-corrected chi connectivity index (χ3v) is 4.20. The monoisotopic (exact) mass is 289 g/mol. The van der Waals surface area contributed by atoms with Crippen LogP contribution in [0.1, 0.15) is 46.0 Å². The lowest BCUT2D eigenvalue weighted by Crippen LogP contribution is -2.45. The summed E-state index contributed by atoms with van der Waals surface area (Å²) in [6, 6.07) is 5.25. The fourth-order valence-corrected chi connectivity index (χ4v) is 3.06. The molecule has 4 nitrogen and oxygen atoms in total. The predicted molar refractivity (Wildman–Crippen MR) is 86.0 cm³/mol. The normalized spacial score (nSPS) is 22.3. The molecular formula is C17H27N3O. The second-order valence-corrected chi connectivity index (χ2v) is 6.52. The summed E-state index contributed by atoms with van der Waals surface area (Å²) < 4.78 is 5.97. The zero-order valence-corrected chi connectivity index (χ0v) is 13.2. The molecule has 1 aromatic heterocycles. The first-order chi connectivity index (χ1) is 10.2. The molecule has 0 radical (unpaired) electrons. The van der Waals surface area contributed by atoms with Crippen LogP contribution in [-0.2, 0) is 0 Å². The van der Waals surface area contributed by atoms with Crippen molar-refractivity contribution in [2.24, 2.45) is 0 Å². The minimum absolute atomic E-state index is 0.182. The maximum Gasteiger partial charge on any atom is 0.171 e. The molecule has 1 N–H and O–H groups in total. The van der Waals surface area contributed by atoms with Crippen molar-refractivity contribution in [2.45, 2.75) is 64.1 Å². The summed E-state index contributed by atoms with van der Waals surface area (Å²) in [6.45, 7) is 6.35. The highest BCUT2D eigenvalue weighted by molar-refractivity contribution is 5.54. The molecule has 116 valence electrons. The smallest absolute Gasteiger partial charge is 0.171 e. The van der Waals surface area contributed by atoms with Gasteiger partial charge in [-0.25, -0.2) is 4.98 Å². The van der Waals surface area contributed by atoms with Gasteiger partial charge in [0.05, 0.1) is 6.10 Å². The Labute approximate surface area is 127 Å². The minimum Gasteiger partial charge on any atom is -0.487 e. The van der Waals surface area contributed by atoms with Crippen molar-refractivity contribution in [1.29, 1.82) is 0 Å². The van der Waals surface area contributed by atoms with E-state index < -0.39 is 0 Å². The van der Waals surface area contributed by atoms with Gasteiger partial charge in [0, 0.05) is 24.8 Å². The number of hydrogen-bond donors (Lipinski definition) is 1. The van der Waals surface area contributed by atoms with E-state index >= 15 is 0 Å². The van der Waals surface area contributed by atoms with Gasteiger partial charge in [0.2, 0.25) is 0 Å². The summed E-state index contributed by atoms with van der Waals surface area (Å²) in [5.74, 6) is 1.95. The van der Waals surface area contributed by atoms with Crippen LogP contribution in [-0.4, -0.2) is 36.3 Å². The van der Waals surface area contributed by atoms with E-state index in [9.17, 15) is 0 Å². The second kappa shape index (κ2) is 6.65.